The van der Waals surface area contributed by atoms with Crippen LogP contribution in [0.5, 0.6) is 17.4 Å². The third kappa shape index (κ3) is 3.33. The van der Waals surface area contributed by atoms with Crippen LogP contribution in [0.15, 0.2) is 36.5 Å². The molecule has 7 nitrogen and oxygen atoms in total. The van der Waals surface area contributed by atoms with E-state index in [1.54, 1.807) is 30.3 Å². The van der Waals surface area contributed by atoms with E-state index in [0.717, 1.165) is 4.90 Å². The van der Waals surface area contributed by atoms with Gasteiger partial charge in [-0.15, -0.1) is 0 Å². The van der Waals surface area contributed by atoms with Crippen LogP contribution < -0.4 is 20.1 Å². The van der Waals surface area contributed by atoms with Crippen LogP contribution in [0.3, 0.4) is 0 Å². The summed E-state index contributed by atoms with van der Waals surface area (Å²) in [6.07, 6.45) is 0.417. The molecule has 0 radical (unpaired) electrons. The van der Waals surface area contributed by atoms with Crippen molar-refractivity contribution in [1.29, 1.82) is 0 Å². The number of nitrogens with zero attached hydrogens (tertiary/aromatic N) is 2. The van der Waals surface area contributed by atoms with Gasteiger partial charge in [0.05, 0.1) is 24.7 Å². The third-order valence-corrected chi connectivity index (χ3v) is 2.80. The van der Waals surface area contributed by atoms with Crippen molar-refractivity contribution in [2.75, 3.05) is 24.8 Å². The van der Waals surface area contributed by atoms with Crippen molar-refractivity contribution in [2.24, 2.45) is 0 Å². The maximum Gasteiger partial charge on any atom is 0.411 e. The van der Waals surface area contributed by atoms with Crippen LogP contribution in [0.25, 0.3) is 0 Å². The number of hydrogen-bond acceptors (Lipinski definition) is 5. The lowest BCUT2D eigenvalue weighted by atomic mass is 10.2. The Morgan fingerprint density at radius 1 is 1.29 bits per heavy atom. The zero-order valence-electron chi connectivity index (χ0n) is 11.6. The molecule has 0 bridgehead atoms. The molecule has 0 aliphatic rings. The molecule has 2 aromatic rings. The first-order valence-corrected chi connectivity index (χ1v) is 6.05. The van der Waals surface area contributed by atoms with E-state index in [0.29, 0.717) is 28.8 Å². The van der Waals surface area contributed by atoms with Crippen LogP contribution in [-0.4, -0.2) is 30.3 Å². The summed E-state index contributed by atoms with van der Waals surface area (Å²) in [6.45, 7) is 0. The van der Waals surface area contributed by atoms with Gasteiger partial charge in [-0.3, -0.25) is 4.90 Å². The summed E-state index contributed by atoms with van der Waals surface area (Å²) < 4.78 is 10.8. The highest BCUT2D eigenvalue weighted by Crippen LogP contribution is 2.34. The van der Waals surface area contributed by atoms with Gasteiger partial charge in [-0.1, -0.05) is 0 Å². The van der Waals surface area contributed by atoms with Crippen LogP contribution >= 0.6 is 0 Å². The fourth-order valence-electron chi connectivity index (χ4n) is 1.62. The Morgan fingerprint density at radius 3 is 2.62 bits per heavy atom. The molecule has 21 heavy (non-hydrogen) atoms. The highest BCUT2D eigenvalue weighted by atomic mass is 16.5. The van der Waals surface area contributed by atoms with Gasteiger partial charge in [0.1, 0.15) is 0 Å². The number of anilines is 2. The number of rotatable bonds is 4. The summed E-state index contributed by atoms with van der Waals surface area (Å²) >= 11 is 0. The van der Waals surface area contributed by atoms with Crippen molar-refractivity contribution in [3.05, 3.63) is 36.5 Å². The Bertz CT molecular complexity index is 643. The number of aromatic nitrogens is 1. The van der Waals surface area contributed by atoms with Gasteiger partial charge in [0.15, 0.2) is 11.5 Å². The SMILES string of the molecule is COc1cc(N(C)C(=O)O)ccc1Oc1ccc(N)cn1. The van der Waals surface area contributed by atoms with E-state index >= 15 is 0 Å². The van der Waals surface area contributed by atoms with Crippen LogP contribution in [0.2, 0.25) is 0 Å². The standard InChI is InChI=1S/C14H15N3O4/c1-17(14(18)19)10-4-5-11(12(7-10)20-2)21-13-6-3-9(15)8-16-13/h3-8H,15H2,1-2H3,(H,18,19). The second kappa shape index (κ2) is 6.00. The maximum atomic E-state index is 10.9. The number of amides is 1. The number of benzene rings is 1. The van der Waals surface area contributed by atoms with E-state index < -0.39 is 6.09 Å². The van der Waals surface area contributed by atoms with Crippen LogP contribution in [0.1, 0.15) is 0 Å². The first kappa shape index (κ1) is 14.4. The highest BCUT2D eigenvalue weighted by Gasteiger charge is 2.13. The molecule has 0 fully saturated rings. The monoisotopic (exact) mass is 289 g/mol. The summed E-state index contributed by atoms with van der Waals surface area (Å²) in [5.74, 6) is 1.19. The van der Waals surface area contributed by atoms with E-state index in [1.165, 1.54) is 20.4 Å². The number of nitrogen functional groups attached to an aromatic ring is 1. The van der Waals surface area contributed by atoms with Crippen molar-refractivity contribution >= 4 is 17.5 Å². The summed E-state index contributed by atoms with van der Waals surface area (Å²) in [5, 5.41) is 8.96. The smallest absolute Gasteiger partial charge is 0.411 e. The minimum atomic E-state index is -1.06. The summed E-state index contributed by atoms with van der Waals surface area (Å²) in [7, 11) is 2.92. The van der Waals surface area contributed by atoms with Gasteiger partial charge >= 0.3 is 6.09 Å². The average Bonchev–Trinajstić information content (AvgIpc) is 2.49. The maximum absolute atomic E-state index is 10.9. The van der Waals surface area contributed by atoms with Crippen molar-refractivity contribution < 1.29 is 19.4 Å². The lowest BCUT2D eigenvalue weighted by Gasteiger charge is -2.16. The molecule has 0 aliphatic carbocycles. The van der Waals surface area contributed by atoms with E-state index in [1.807, 2.05) is 0 Å². The zero-order chi connectivity index (χ0) is 15.4. The van der Waals surface area contributed by atoms with Gasteiger partial charge in [0.25, 0.3) is 0 Å². The number of methoxy groups -OCH3 is 1. The number of hydrogen-bond donors (Lipinski definition) is 2. The van der Waals surface area contributed by atoms with Gasteiger partial charge < -0.3 is 20.3 Å². The molecule has 0 saturated heterocycles. The number of carboxylic acid groups (broad SMARTS) is 1. The Labute approximate surface area is 121 Å². The normalized spacial score (nSPS) is 10.0. The Hall–Kier alpha value is -2.96. The largest absolute Gasteiger partial charge is 0.493 e. The van der Waals surface area contributed by atoms with Crippen molar-refractivity contribution in [1.82, 2.24) is 4.98 Å². The zero-order valence-corrected chi connectivity index (χ0v) is 11.6. The average molecular weight is 289 g/mol. The van der Waals surface area contributed by atoms with Gasteiger partial charge in [0, 0.05) is 19.2 Å². The molecule has 3 N–H and O–H groups in total. The topological polar surface area (TPSA) is 97.9 Å². The predicted molar refractivity (Wildman–Crippen MR) is 78.1 cm³/mol. The molecule has 0 atom stereocenters. The lowest BCUT2D eigenvalue weighted by molar-refractivity contribution is 0.203. The second-order valence-electron chi connectivity index (χ2n) is 4.21. The number of pyridine rings is 1. The third-order valence-electron chi connectivity index (χ3n) is 2.80. The van der Waals surface area contributed by atoms with Crippen molar-refractivity contribution in [2.45, 2.75) is 0 Å². The number of carbonyl (C=O) groups is 1. The van der Waals surface area contributed by atoms with Crippen LogP contribution in [0.4, 0.5) is 16.2 Å². The molecule has 7 heteroatoms. The van der Waals surface area contributed by atoms with E-state index in [-0.39, 0.29) is 0 Å². The second-order valence-corrected chi connectivity index (χ2v) is 4.21. The summed E-state index contributed by atoms with van der Waals surface area (Å²) in [4.78, 5) is 16.0. The highest BCUT2D eigenvalue weighted by molar-refractivity contribution is 5.85. The van der Waals surface area contributed by atoms with E-state index in [9.17, 15) is 4.79 Å². The molecule has 0 saturated carbocycles. The van der Waals surface area contributed by atoms with Gasteiger partial charge in [-0.2, -0.15) is 0 Å². The fraction of sp³-hybridized carbons (Fsp3) is 0.143. The molecular formula is C14H15N3O4. The predicted octanol–water partition coefficient (Wildman–Crippen LogP) is 2.58. The number of nitrogens with two attached hydrogens (primary N) is 1. The van der Waals surface area contributed by atoms with E-state index in [4.69, 9.17) is 20.3 Å². The van der Waals surface area contributed by atoms with E-state index in [2.05, 4.69) is 4.98 Å². The van der Waals surface area contributed by atoms with Crippen LogP contribution in [0, 0.1) is 0 Å². The van der Waals surface area contributed by atoms with Crippen molar-refractivity contribution in [3.63, 3.8) is 0 Å². The molecule has 0 spiro atoms. The molecule has 2 rings (SSSR count). The first-order chi connectivity index (χ1) is 10.0. The Balaban J connectivity index is 2.28. The minimum absolute atomic E-state index is 0.363. The first-order valence-electron chi connectivity index (χ1n) is 6.05. The molecule has 1 amide bonds. The molecular weight excluding hydrogens is 274 g/mol. The molecule has 1 aromatic heterocycles. The quantitative estimate of drug-likeness (QED) is 0.897. The molecule has 0 unspecified atom stereocenters. The van der Waals surface area contributed by atoms with Gasteiger partial charge in [-0.25, -0.2) is 9.78 Å². The molecule has 1 heterocycles. The summed E-state index contributed by atoms with van der Waals surface area (Å²) in [6, 6.07) is 8.10. The van der Waals surface area contributed by atoms with Crippen LogP contribution in [-0.2, 0) is 0 Å². The van der Waals surface area contributed by atoms with Gasteiger partial charge in [-0.05, 0) is 18.2 Å². The van der Waals surface area contributed by atoms with Gasteiger partial charge in [0.2, 0.25) is 5.88 Å². The van der Waals surface area contributed by atoms with Crippen molar-refractivity contribution in [3.8, 4) is 17.4 Å². The Morgan fingerprint density at radius 2 is 2.05 bits per heavy atom. The number of ether oxygens (including phenoxy) is 2. The molecule has 1 aromatic carbocycles. The molecule has 110 valence electrons. The summed E-state index contributed by atoms with van der Waals surface area (Å²) in [5.41, 5.74) is 6.56. The molecule has 0 aliphatic heterocycles. The Kier molecular flexibility index (Phi) is 4.13. The minimum Gasteiger partial charge on any atom is -0.493 e. The lowest BCUT2D eigenvalue weighted by Crippen LogP contribution is -2.23. The fourth-order valence-corrected chi connectivity index (χ4v) is 1.62.